The van der Waals surface area contributed by atoms with Gasteiger partial charge in [0.1, 0.15) is 5.52 Å². The molecule has 8 heteroatoms. The van der Waals surface area contributed by atoms with Gasteiger partial charge in [-0.3, -0.25) is 0 Å². The molecule has 1 heterocycles. The maximum Gasteiger partial charge on any atom is 0.416 e. The Labute approximate surface area is 170 Å². The topological polar surface area (TPSA) is 75.4 Å². The summed E-state index contributed by atoms with van der Waals surface area (Å²) in [6, 6.07) is 11.6. The van der Waals surface area contributed by atoms with Crippen LogP contribution in [0.1, 0.15) is 36.5 Å². The van der Waals surface area contributed by atoms with Crippen molar-refractivity contribution in [2.75, 3.05) is 0 Å². The van der Waals surface area contributed by atoms with E-state index in [9.17, 15) is 18.0 Å². The van der Waals surface area contributed by atoms with Crippen LogP contribution in [0.15, 0.2) is 40.8 Å². The minimum Gasteiger partial charge on any atom is -0.472 e. The number of aryl methyl sites for hydroxylation is 1. The molecule has 0 aliphatic heterocycles. The third kappa shape index (κ3) is 5.11. The number of hydrogen-bond donors (Lipinski definition) is 2. The van der Waals surface area contributed by atoms with Crippen molar-refractivity contribution in [1.82, 2.24) is 10.3 Å². The molecule has 0 spiro atoms. The van der Waals surface area contributed by atoms with Gasteiger partial charge in [0, 0.05) is 24.1 Å². The number of aliphatic carboxylic acids is 1. The van der Waals surface area contributed by atoms with Crippen molar-refractivity contribution in [3.63, 3.8) is 0 Å². The summed E-state index contributed by atoms with van der Waals surface area (Å²) in [7, 11) is 0. The highest BCUT2D eigenvalue weighted by Gasteiger charge is 2.33. The first-order chi connectivity index (χ1) is 14.3. The predicted molar refractivity (Wildman–Crippen MR) is 105 cm³/mol. The smallest absolute Gasteiger partial charge is 0.416 e. The number of oxazole rings is 1. The number of fused-ring (bicyclic) bond motifs is 1. The summed E-state index contributed by atoms with van der Waals surface area (Å²) in [4.78, 5) is 14.7. The number of nitrogens with zero attached hydrogens (tertiary/aromatic N) is 1. The highest BCUT2D eigenvalue weighted by Crippen LogP contribution is 2.36. The zero-order valence-electron chi connectivity index (χ0n) is 16.1. The Bertz CT molecular complexity index is 1120. The molecule has 0 saturated carbocycles. The first kappa shape index (κ1) is 21.2. The minimum atomic E-state index is -4.46. The molecule has 1 aromatic heterocycles. The van der Waals surface area contributed by atoms with E-state index in [1.807, 2.05) is 12.8 Å². The summed E-state index contributed by atoms with van der Waals surface area (Å²) < 4.78 is 46.3. The monoisotopic (exact) mass is 416 g/mol. The highest BCUT2D eigenvalue weighted by molar-refractivity contribution is 5.86. The van der Waals surface area contributed by atoms with Crippen LogP contribution in [0, 0.1) is 12.0 Å². The molecule has 2 N–H and O–H groups in total. The molecule has 5 nitrogen and oxygen atoms in total. The number of unbranched alkanes of at least 4 members (excludes halogenated alkanes) is 1. The highest BCUT2D eigenvalue weighted by atomic mass is 19.4. The molecule has 0 aliphatic carbocycles. The lowest BCUT2D eigenvalue weighted by molar-refractivity contribution is -0.138. The average Bonchev–Trinajstić information content (AvgIpc) is 3.12. The SMILES string of the molecule is CCCCc1ccc(-c2nc3ccc(CNC#CC(=O)O)cc3o2)cc1C(F)(F)F. The third-order valence-electron chi connectivity index (χ3n) is 4.47. The van der Waals surface area contributed by atoms with E-state index >= 15 is 0 Å². The Balaban J connectivity index is 1.89. The molecule has 30 heavy (non-hydrogen) atoms. The number of halogens is 3. The summed E-state index contributed by atoms with van der Waals surface area (Å²) in [5.41, 5.74) is 1.53. The maximum absolute atomic E-state index is 13.5. The van der Waals surface area contributed by atoms with Crippen LogP contribution in [0.2, 0.25) is 0 Å². The lowest BCUT2D eigenvalue weighted by Crippen LogP contribution is -2.09. The minimum absolute atomic E-state index is 0.105. The van der Waals surface area contributed by atoms with Gasteiger partial charge in [0.15, 0.2) is 5.58 Å². The second-order valence-corrected chi connectivity index (χ2v) is 6.70. The van der Waals surface area contributed by atoms with Gasteiger partial charge in [-0.2, -0.15) is 13.2 Å². The summed E-state index contributed by atoms with van der Waals surface area (Å²) >= 11 is 0. The average molecular weight is 416 g/mol. The fraction of sp³-hybridized carbons (Fsp3) is 0.273. The number of carboxylic acid groups (broad SMARTS) is 1. The van der Waals surface area contributed by atoms with Crippen LogP contribution in [0.3, 0.4) is 0 Å². The van der Waals surface area contributed by atoms with Crippen LogP contribution in [0.4, 0.5) is 13.2 Å². The molecular formula is C22H19F3N2O3. The zero-order valence-corrected chi connectivity index (χ0v) is 16.1. The van der Waals surface area contributed by atoms with E-state index < -0.39 is 17.7 Å². The summed E-state index contributed by atoms with van der Waals surface area (Å²) in [6.45, 7) is 2.21. The largest absolute Gasteiger partial charge is 0.472 e. The van der Waals surface area contributed by atoms with Gasteiger partial charge in [0.2, 0.25) is 5.89 Å². The van der Waals surface area contributed by atoms with Gasteiger partial charge in [0.25, 0.3) is 0 Å². The molecule has 156 valence electrons. The molecule has 0 atom stereocenters. The van der Waals surface area contributed by atoms with Crippen LogP contribution in [-0.2, 0) is 23.9 Å². The van der Waals surface area contributed by atoms with Crippen molar-refractivity contribution in [1.29, 1.82) is 0 Å². The Morgan fingerprint density at radius 3 is 2.73 bits per heavy atom. The van der Waals surface area contributed by atoms with Crippen molar-refractivity contribution in [2.24, 2.45) is 0 Å². The fourth-order valence-corrected chi connectivity index (χ4v) is 3.00. The summed E-state index contributed by atoms with van der Waals surface area (Å²) in [6.07, 6.45) is -2.61. The molecule has 0 unspecified atom stereocenters. The summed E-state index contributed by atoms with van der Waals surface area (Å²) in [5, 5.41) is 11.1. The number of carboxylic acids is 1. The number of carbonyl (C=O) groups is 1. The van der Waals surface area contributed by atoms with E-state index in [2.05, 4.69) is 16.3 Å². The second-order valence-electron chi connectivity index (χ2n) is 6.70. The molecule has 0 bridgehead atoms. The molecule has 3 rings (SSSR count). The fourth-order valence-electron chi connectivity index (χ4n) is 3.00. The van der Waals surface area contributed by atoms with Crippen molar-refractivity contribution in [3.05, 3.63) is 53.1 Å². The molecule has 0 aliphatic rings. The third-order valence-corrected chi connectivity index (χ3v) is 4.47. The number of nitrogens with one attached hydrogen (secondary N) is 1. The number of hydrogen-bond acceptors (Lipinski definition) is 4. The van der Waals surface area contributed by atoms with Gasteiger partial charge in [-0.05, 0) is 48.2 Å². The number of aromatic nitrogens is 1. The van der Waals surface area contributed by atoms with E-state index in [1.54, 1.807) is 24.3 Å². The lowest BCUT2D eigenvalue weighted by Gasteiger charge is -2.13. The van der Waals surface area contributed by atoms with Crippen LogP contribution in [-0.4, -0.2) is 16.1 Å². The van der Waals surface area contributed by atoms with Crippen molar-refractivity contribution < 1.29 is 27.5 Å². The van der Waals surface area contributed by atoms with E-state index in [0.29, 0.717) is 23.9 Å². The maximum atomic E-state index is 13.5. The quantitative estimate of drug-likeness (QED) is 0.437. The van der Waals surface area contributed by atoms with Crippen molar-refractivity contribution >= 4 is 17.1 Å². The van der Waals surface area contributed by atoms with Gasteiger partial charge in [-0.25, -0.2) is 9.78 Å². The Morgan fingerprint density at radius 2 is 2.03 bits per heavy atom. The number of rotatable bonds is 6. The molecule has 0 saturated heterocycles. The molecule has 3 aromatic rings. The zero-order chi connectivity index (χ0) is 21.7. The van der Waals surface area contributed by atoms with Gasteiger partial charge >= 0.3 is 12.1 Å². The van der Waals surface area contributed by atoms with Crippen molar-refractivity contribution in [3.8, 4) is 23.4 Å². The molecular weight excluding hydrogens is 397 g/mol. The molecule has 2 aromatic carbocycles. The van der Waals surface area contributed by atoms with Gasteiger partial charge in [-0.15, -0.1) is 0 Å². The van der Waals surface area contributed by atoms with Crippen LogP contribution in [0.25, 0.3) is 22.6 Å². The predicted octanol–water partition coefficient (Wildman–Crippen LogP) is 4.99. The standard InChI is InChI=1S/C22H19F3N2O3/c1-2-3-4-15-6-7-16(12-17(15)22(23,24)25)21-27-18-8-5-14(11-19(18)30-21)13-26-10-9-20(28)29/h5-8,11-12,26H,2-4,13H2,1H3,(H,28,29). The van der Waals surface area contributed by atoms with Crippen molar-refractivity contribution in [2.45, 2.75) is 38.9 Å². The summed E-state index contributed by atoms with van der Waals surface area (Å²) in [5.74, 6) is 0.807. The number of benzene rings is 2. The normalized spacial score (nSPS) is 11.2. The van der Waals surface area contributed by atoms with E-state index in [1.165, 1.54) is 6.07 Å². The Morgan fingerprint density at radius 1 is 1.23 bits per heavy atom. The van der Waals surface area contributed by atoms with Gasteiger partial charge < -0.3 is 14.8 Å². The molecule has 0 fully saturated rings. The van der Waals surface area contributed by atoms with Crippen LogP contribution < -0.4 is 5.32 Å². The molecule has 0 radical (unpaired) electrons. The number of alkyl halides is 3. The van der Waals surface area contributed by atoms with Crippen LogP contribution >= 0.6 is 0 Å². The Hall–Kier alpha value is -3.47. The Kier molecular flexibility index (Phi) is 6.31. The van der Waals surface area contributed by atoms with Gasteiger partial charge in [-0.1, -0.05) is 25.5 Å². The molecule has 0 amide bonds. The van der Waals surface area contributed by atoms with E-state index in [-0.39, 0.29) is 23.6 Å². The second kappa shape index (κ2) is 8.91. The first-order valence-corrected chi connectivity index (χ1v) is 9.34. The van der Waals surface area contributed by atoms with Crippen LogP contribution in [0.5, 0.6) is 0 Å². The lowest BCUT2D eigenvalue weighted by atomic mass is 9.99. The first-order valence-electron chi connectivity index (χ1n) is 9.34. The van der Waals surface area contributed by atoms with E-state index in [0.717, 1.165) is 18.1 Å². The van der Waals surface area contributed by atoms with Gasteiger partial charge in [0.05, 0.1) is 5.56 Å². The van der Waals surface area contributed by atoms with E-state index in [4.69, 9.17) is 9.52 Å².